The van der Waals surface area contributed by atoms with Crippen LogP contribution < -0.4 is 10.5 Å². The van der Waals surface area contributed by atoms with Gasteiger partial charge in [0, 0.05) is 23.2 Å². The lowest BCUT2D eigenvalue weighted by atomic mass is 9.89. The molecule has 0 aliphatic carbocycles. The molecule has 2 heterocycles. The van der Waals surface area contributed by atoms with Gasteiger partial charge in [0.25, 0.3) is 0 Å². The second-order valence-electron chi connectivity index (χ2n) is 7.99. The SMILES string of the molecule is Cc1nc(-c2ccnc3ccccc23)ccc1OCC(N)CC(C)(C)C. The summed E-state index contributed by atoms with van der Waals surface area (Å²) in [4.78, 5) is 9.17. The number of hydrogen-bond donors (Lipinski definition) is 1. The van der Waals surface area contributed by atoms with Crippen LogP contribution in [0.3, 0.4) is 0 Å². The third-order valence-corrected chi connectivity index (χ3v) is 4.29. The van der Waals surface area contributed by atoms with E-state index in [2.05, 4.69) is 31.8 Å². The first-order valence-electron chi connectivity index (χ1n) is 9.04. The molecule has 0 saturated carbocycles. The molecule has 0 radical (unpaired) electrons. The van der Waals surface area contributed by atoms with Gasteiger partial charge in [0.1, 0.15) is 12.4 Å². The lowest BCUT2D eigenvalue weighted by Crippen LogP contribution is -2.32. The molecule has 136 valence electrons. The van der Waals surface area contributed by atoms with Gasteiger partial charge in [-0.1, -0.05) is 39.0 Å². The first-order valence-corrected chi connectivity index (χ1v) is 9.04. The van der Waals surface area contributed by atoms with Crippen LogP contribution in [-0.2, 0) is 0 Å². The number of para-hydroxylation sites is 1. The summed E-state index contributed by atoms with van der Waals surface area (Å²) in [6, 6.07) is 14.1. The van der Waals surface area contributed by atoms with Gasteiger partial charge in [0.2, 0.25) is 0 Å². The van der Waals surface area contributed by atoms with Crippen molar-refractivity contribution in [2.75, 3.05) is 6.61 Å². The normalized spacial score (nSPS) is 13.0. The molecule has 0 aliphatic heterocycles. The monoisotopic (exact) mass is 349 g/mol. The van der Waals surface area contributed by atoms with Gasteiger partial charge in [-0.15, -0.1) is 0 Å². The van der Waals surface area contributed by atoms with E-state index in [1.165, 1.54) is 0 Å². The molecule has 1 atom stereocenters. The topological polar surface area (TPSA) is 61.0 Å². The van der Waals surface area contributed by atoms with Gasteiger partial charge < -0.3 is 10.5 Å². The number of ether oxygens (including phenoxy) is 1. The van der Waals surface area contributed by atoms with Crippen LogP contribution in [0.2, 0.25) is 0 Å². The van der Waals surface area contributed by atoms with Crippen LogP contribution in [0.4, 0.5) is 0 Å². The lowest BCUT2D eigenvalue weighted by molar-refractivity contribution is 0.239. The second kappa shape index (κ2) is 7.42. The molecule has 3 rings (SSSR count). The van der Waals surface area contributed by atoms with Crippen molar-refractivity contribution < 1.29 is 4.74 Å². The molecule has 0 saturated heterocycles. The minimum atomic E-state index is 0.0122. The van der Waals surface area contributed by atoms with E-state index in [0.717, 1.165) is 40.0 Å². The fraction of sp³-hybridized carbons (Fsp3) is 0.364. The van der Waals surface area contributed by atoms with E-state index in [1.807, 2.05) is 49.5 Å². The summed E-state index contributed by atoms with van der Waals surface area (Å²) in [5, 5.41) is 1.10. The predicted molar refractivity (Wildman–Crippen MR) is 107 cm³/mol. The number of nitrogens with zero attached hydrogens (tertiary/aromatic N) is 2. The van der Waals surface area contributed by atoms with Crippen molar-refractivity contribution in [3.63, 3.8) is 0 Å². The van der Waals surface area contributed by atoms with E-state index in [1.54, 1.807) is 0 Å². The molecule has 26 heavy (non-hydrogen) atoms. The smallest absolute Gasteiger partial charge is 0.140 e. The van der Waals surface area contributed by atoms with Crippen LogP contribution in [0.15, 0.2) is 48.7 Å². The van der Waals surface area contributed by atoms with Crippen LogP contribution in [0, 0.1) is 12.3 Å². The number of rotatable bonds is 5. The Bertz CT molecular complexity index is 894. The molecule has 1 unspecified atom stereocenters. The second-order valence-corrected chi connectivity index (χ2v) is 7.99. The number of fused-ring (bicyclic) bond motifs is 1. The molecule has 0 bridgehead atoms. The maximum Gasteiger partial charge on any atom is 0.140 e. The Labute approximate surface area is 155 Å². The highest BCUT2D eigenvalue weighted by Crippen LogP contribution is 2.28. The first-order chi connectivity index (χ1) is 12.3. The number of aryl methyl sites for hydroxylation is 1. The number of aromatic nitrogens is 2. The molecule has 0 spiro atoms. The van der Waals surface area contributed by atoms with Gasteiger partial charge in [-0.25, -0.2) is 4.98 Å². The summed E-state index contributed by atoms with van der Waals surface area (Å²) in [6.07, 6.45) is 2.74. The zero-order valence-corrected chi connectivity index (χ0v) is 16.0. The molecule has 1 aromatic carbocycles. The molecule has 0 amide bonds. The Kier molecular flexibility index (Phi) is 5.23. The zero-order valence-electron chi connectivity index (χ0n) is 16.0. The van der Waals surface area contributed by atoms with Crippen molar-refractivity contribution >= 4 is 10.9 Å². The van der Waals surface area contributed by atoms with Gasteiger partial charge >= 0.3 is 0 Å². The average Bonchev–Trinajstić information content (AvgIpc) is 2.58. The highest BCUT2D eigenvalue weighted by Gasteiger charge is 2.16. The molecule has 3 aromatic rings. The molecule has 4 nitrogen and oxygen atoms in total. The largest absolute Gasteiger partial charge is 0.490 e. The van der Waals surface area contributed by atoms with E-state index in [0.29, 0.717) is 6.61 Å². The molecule has 0 aliphatic rings. The maximum absolute atomic E-state index is 6.19. The fourth-order valence-corrected chi connectivity index (χ4v) is 3.21. The maximum atomic E-state index is 6.19. The molecule has 2 aromatic heterocycles. The number of nitrogens with two attached hydrogens (primary N) is 1. The van der Waals surface area contributed by atoms with Crippen LogP contribution in [-0.4, -0.2) is 22.6 Å². The highest BCUT2D eigenvalue weighted by molar-refractivity contribution is 5.93. The van der Waals surface area contributed by atoms with E-state index in [4.69, 9.17) is 15.5 Å². The average molecular weight is 349 g/mol. The van der Waals surface area contributed by atoms with Gasteiger partial charge in [0.15, 0.2) is 0 Å². The van der Waals surface area contributed by atoms with Gasteiger partial charge in [0.05, 0.1) is 16.9 Å². The van der Waals surface area contributed by atoms with Crippen LogP contribution in [0.25, 0.3) is 22.2 Å². The zero-order chi connectivity index (χ0) is 18.7. The van der Waals surface area contributed by atoms with Crippen LogP contribution in [0.5, 0.6) is 5.75 Å². The minimum absolute atomic E-state index is 0.0122. The predicted octanol–water partition coefficient (Wildman–Crippen LogP) is 4.75. The summed E-state index contributed by atoms with van der Waals surface area (Å²) < 4.78 is 5.92. The summed E-state index contributed by atoms with van der Waals surface area (Å²) in [7, 11) is 0. The Balaban J connectivity index is 1.79. The van der Waals surface area contributed by atoms with E-state index < -0.39 is 0 Å². The molecule has 0 fully saturated rings. The van der Waals surface area contributed by atoms with E-state index in [-0.39, 0.29) is 11.5 Å². The van der Waals surface area contributed by atoms with E-state index in [9.17, 15) is 0 Å². The Hall–Kier alpha value is -2.46. The molecule has 2 N–H and O–H groups in total. The summed E-state index contributed by atoms with van der Waals surface area (Å²) in [6.45, 7) is 9.03. The highest BCUT2D eigenvalue weighted by atomic mass is 16.5. The van der Waals surface area contributed by atoms with Crippen molar-refractivity contribution in [3.8, 4) is 17.0 Å². The van der Waals surface area contributed by atoms with Gasteiger partial charge in [-0.2, -0.15) is 0 Å². The number of hydrogen-bond acceptors (Lipinski definition) is 4. The van der Waals surface area contributed by atoms with Gasteiger partial charge in [-0.05, 0) is 43.0 Å². The van der Waals surface area contributed by atoms with Crippen molar-refractivity contribution in [2.24, 2.45) is 11.1 Å². The van der Waals surface area contributed by atoms with Crippen molar-refractivity contribution in [1.82, 2.24) is 9.97 Å². The Morgan fingerprint density at radius 1 is 1.08 bits per heavy atom. The Morgan fingerprint density at radius 3 is 2.58 bits per heavy atom. The quantitative estimate of drug-likeness (QED) is 0.722. The Morgan fingerprint density at radius 2 is 1.85 bits per heavy atom. The molecule has 4 heteroatoms. The lowest BCUT2D eigenvalue weighted by Gasteiger charge is -2.23. The minimum Gasteiger partial charge on any atom is -0.490 e. The van der Waals surface area contributed by atoms with E-state index >= 15 is 0 Å². The third kappa shape index (κ3) is 4.38. The molecular formula is C22H27N3O. The van der Waals surface area contributed by atoms with Crippen LogP contribution in [0.1, 0.15) is 32.9 Å². The fourth-order valence-electron chi connectivity index (χ4n) is 3.21. The summed E-state index contributed by atoms with van der Waals surface area (Å²) in [5.74, 6) is 0.788. The third-order valence-electron chi connectivity index (χ3n) is 4.29. The van der Waals surface area contributed by atoms with Gasteiger partial charge in [-0.3, -0.25) is 4.98 Å². The number of pyridine rings is 2. The standard InChI is InChI=1S/C22H27N3O/c1-15-21(26-14-16(23)13-22(2,3)4)10-9-20(25-15)18-11-12-24-19-8-6-5-7-17(18)19/h5-12,16H,13-14,23H2,1-4H3. The summed E-state index contributed by atoms with van der Waals surface area (Å²) >= 11 is 0. The van der Waals surface area contributed by atoms with Crippen molar-refractivity contribution in [1.29, 1.82) is 0 Å². The van der Waals surface area contributed by atoms with Crippen molar-refractivity contribution in [2.45, 2.75) is 40.2 Å². The van der Waals surface area contributed by atoms with Crippen molar-refractivity contribution in [3.05, 3.63) is 54.4 Å². The number of benzene rings is 1. The summed E-state index contributed by atoms with van der Waals surface area (Å²) in [5.41, 5.74) is 10.2. The van der Waals surface area contributed by atoms with Crippen LogP contribution >= 0.6 is 0 Å². The molecular weight excluding hydrogens is 322 g/mol. The first kappa shape index (κ1) is 18.3.